The minimum Gasteiger partial charge on any atom is -0.330 e. The number of unbranched alkanes of at least 4 members (excludes halogenated alkanes) is 1. The number of hydrogen-bond donors (Lipinski definition) is 2. The fourth-order valence-corrected chi connectivity index (χ4v) is 2.37. The van der Waals surface area contributed by atoms with Crippen molar-refractivity contribution >= 4 is 0 Å². The molecule has 2 rings (SSSR count). The van der Waals surface area contributed by atoms with E-state index in [1.807, 2.05) is 6.07 Å². The Kier molecular flexibility index (Phi) is 3.91. The molecular weight excluding hydrogens is 203 g/mol. The summed E-state index contributed by atoms with van der Waals surface area (Å²) in [5.74, 6) is -0.0521. The lowest BCUT2D eigenvalue weighted by Crippen LogP contribution is -2.21. The molecule has 2 nitrogen and oxygen atoms in total. The number of hydrogen-bond acceptors (Lipinski definition) is 2. The molecule has 1 aliphatic rings. The van der Waals surface area contributed by atoms with Gasteiger partial charge < -0.3 is 11.1 Å². The van der Waals surface area contributed by atoms with Crippen LogP contribution in [-0.2, 0) is 6.42 Å². The summed E-state index contributed by atoms with van der Waals surface area (Å²) in [4.78, 5) is 0. The van der Waals surface area contributed by atoms with E-state index >= 15 is 0 Å². The summed E-state index contributed by atoms with van der Waals surface area (Å²) in [5, 5.41) is 3.48. The zero-order valence-electron chi connectivity index (χ0n) is 9.51. The van der Waals surface area contributed by atoms with E-state index in [1.165, 1.54) is 0 Å². The van der Waals surface area contributed by atoms with E-state index in [0.717, 1.165) is 49.9 Å². The molecule has 0 fully saturated rings. The van der Waals surface area contributed by atoms with Crippen LogP contribution in [0.2, 0.25) is 0 Å². The minimum absolute atomic E-state index is 0.0521. The molecule has 1 aromatic rings. The summed E-state index contributed by atoms with van der Waals surface area (Å²) in [5.41, 5.74) is 7.49. The molecule has 1 aromatic carbocycles. The third kappa shape index (κ3) is 2.42. The minimum atomic E-state index is -0.0521. The van der Waals surface area contributed by atoms with Crippen LogP contribution in [0.15, 0.2) is 18.2 Å². The summed E-state index contributed by atoms with van der Waals surface area (Å²) in [7, 11) is 0. The van der Waals surface area contributed by atoms with Gasteiger partial charge in [0.2, 0.25) is 0 Å². The van der Waals surface area contributed by atoms with E-state index in [9.17, 15) is 4.39 Å². The van der Waals surface area contributed by atoms with E-state index in [1.54, 1.807) is 12.1 Å². The van der Waals surface area contributed by atoms with E-state index in [-0.39, 0.29) is 5.82 Å². The first-order chi connectivity index (χ1) is 7.83. The Labute approximate surface area is 96.0 Å². The summed E-state index contributed by atoms with van der Waals surface area (Å²) < 4.78 is 13.5. The van der Waals surface area contributed by atoms with E-state index in [0.29, 0.717) is 6.04 Å². The predicted octanol–water partition coefficient (Wildman–Crippen LogP) is 2.14. The molecule has 0 aromatic heterocycles. The molecular formula is C13H19FN2. The first-order valence-electron chi connectivity index (χ1n) is 6.03. The largest absolute Gasteiger partial charge is 0.330 e. The van der Waals surface area contributed by atoms with Gasteiger partial charge in [-0.15, -0.1) is 0 Å². The molecule has 0 spiro atoms. The molecule has 0 bridgehead atoms. The Bertz CT molecular complexity index is 352. The normalized spacial score (nSPS) is 18.8. The van der Waals surface area contributed by atoms with Gasteiger partial charge in [-0.05, 0) is 56.0 Å². The van der Waals surface area contributed by atoms with Crippen LogP contribution in [0, 0.1) is 5.82 Å². The van der Waals surface area contributed by atoms with Crippen LogP contribution in [-0.4, -0.2) is 13.1 Å². The molecule has 0 radical (unpaired) electrons. The Balaban J connectivity index is 1.93. The van der Waals surface area contributed by atoms with Gasteiger partial charge >= 0.3 is 0 Å². The second kappa shape index (κ2) is 5.41. The maximum absolute atomic E-state index is 13.5. The van der Waals surface area contributed by atoms with Crippen molar-refractivity contribution in [3.8, 4) is 0 Å². The van der Waals surface area contributed by atoms with Crippen molar-refractivity contribution in [3.05, 3.63) is 35.1 Å². The van der Waals surface area contributed by atoms with Crippen LogP contribution >= 0.6 is 0 Å². The van der Waals surface area contributed by atoms with Crippen LogP contribution in [0.25, 0.3) is 0 Å². The molecule has 3 N–H and O–H groups in total. The lowest BCUT2D eigenvalue weighted by molar-refractivity contribution is 0.514. The molecule has 0 saturated carbocycles. The first-order valence-corrected chi connectivity index (χ1v) is 6.03. The maximum Gasteiger partial charge on any atom is 0.126 e. The fraction of sp³-hybridized carbons (Fsp3) is 0.538. The summed E-state index contributed by atoms with van der Waals surface area (Å²) in [6.07, 6.45) is 4.02. The van der Waals surface area contributed by atoms with Gasteiger partial charge in [0, 0.05) is 6.04 Å². The predicted molar refractivity (Wildman–Crippen MR) is 63.8 cm³/mol. The van der Waals surface area contributed by atoms with Crippen molar-refractivity contribution in [2.24, 2.45) is 5.73 Å². The quantitative estimate of drug-likeness (QED) is 0.749. The van der Waals surface area contributed by atoms with Gasteiger partial charge in [0.25, 0.3) is 0 Å². The summed E-state index contributed by atoms with van der Waals surface area (Å²) >= 11 is 0. The third-order valence-electron chi connectivity index (χ3n) is 3.24. The van der Waals surface area contributed by atoms with Crippen molar-refractivity contribution in [2.45, 2.75) is 31.7 Å². The standard InChI is InChI=1S/C13H19FN2/c14-12-5-3-4-11-10(12)6-7-13(11)16-9-2-1-8-15/h3-5,13,16H,1-2,6-9,15H2. The van der Waals surface area contributed by atoms with Crippen LogP contribution < -0.4 is 11.1 Å². The van der Waals surface area contributed by atoms with Crippen molar-refractivity contribution in [1.82, 2.24) is 5.32 Å². The highest BCUT2D eigenvalue weighted by Crippen LogP contribution is 2.32. The molecule has 0 amide bonds. The maximum atomic E-state index is 13.5. The number of nitrogens with one attached hydrogen (secondary N) is 1. The van der Waals surface area contributed by atoms with Gasteiger partial charge in [0.15, 0.2) is 0 Å². The molecule has 16 heavy (non-hydrogen) atoms. The molecule has 1 unspecified atom stereocenters. The molecule has 88 valence electrons. The van der Waals surface area contributed by atoms with Crippen LogP contribution in [0.4, 0.5) is 4.39 Å². The van der Waals surface area contributed by atoms with Gasteiger partial charge in [0.1, 0.15) is 5.82 Å². The Hall–Kier alpha value is -0.930. The SMILES string of the molecule is NCCCCNC1CCc2c(F)cccc21. The van der Waals surface area contributed by atoms with E-state index in [2.05, 4.69) is 5.32 Å². The van der Waals surface area contributed by atoms with Crippen LogP contribution in [0.5, 0.6) is 0 Å². The third-order valence-corrected chi connectivity index (χ3v) is 3.24. The van der Waals surface area contributed by atoms with Gasteiger partial charge in [-0.1, -0.05) is 12.1 Å². The van der Waals surface area contributed by atoms with E-state index in [4.69, 9.17) is 5.73 Å². The molecule has 1 atom stereocenters. The molecule has 0 heterocycles. The fourth-order valence-electron chi connectivity index (χ4n) is 2.37. The smallest absolute Gasteiger partial charge is 0.126 e. The first kappa shape index (κ1) is 11.6. The number of nitrogens with two attached hydrogens (primary N) is 1. The van der Waals surface area contributed by atoms with Crippen molar-refractivity contribution in [2.75, 3.05) is 13.1 Å². The molecule has 0 saturated heterocycles. The Morgan fingerprint density at radius 3 is 3.06 bits per heavy atom. The van der Waals surface area contributed by atoms with Gasteiger partial charge in [-0.25, -0.2) is 4.39 Å². The number of rotatable bonds is 5. The number of fused-ring (bicyclic) bond motifs is 1. The van der Waals surface area contributed by atoms with Gasteiger partial charge in [0.05, 0.1) is 0 Å². The lowest BCUT2D eigenvalue weighted by atomic mass is 10.1. The van der Waals surface area contributed by atoms with Crippen molar-refractivity contribution in [3.63, 3.8) is 0 Å². The zero-order valence-corrected chi connectivity index (χ0v) is 9.51. The van der Waals surface area contributed by atoms with Crippen molar-refractivity contribution in [1.29, 1.82) is 0 Å². The average molecular weight is 222 g/mol. The molecule has 3 heteroatoms. The topological polar surface area (TPSA) is 38.0 Å². The second-order valence-corrected chi connectivity index (χ2v) is 4.35. The highest BCUT2D eigenvalue weighted by molar-refractivity contribution is 5.35. The second-order valence-electron chi connectivity index (χ2n) is 4.35. The number of halogens is 1. The van der Waals surface area contributed by atoms with Crippen LogP contribution in [0.3, 0.4) is 0 Å². The van der Waals surface area contributed by atoms with Crippen LogP contribution in [0.1, 0.15) is 36.4 Å². The van der Waals surface area contributed by atoms with E-state index < -0.39 is 0 Å². The average Bonchev–Trinajstić information content (AvgIpc) is 2.70. The Morgan fingerprint density at radius 2 is 2.25 bits per heavy atom. The molecule has 0 aliphatic heterocycles. The van der Waals surface area contributed by atoms with Crippen molar-refractivity contribution < 1.29 is 4.39 Å². The summed E-state index contributed by atoms with van der Waals surface area (Å²) in [6.45, 7) is 1.72. The van der Waals surface area contributed by atoms with Gasteiger partial charge in [-0.2, -0.15) is 0 Å². The zero-order chi connectivity index (χ0) is 11.4. The number of benzene rings is 1. The van der Waals surface area contributed by atoms with Gasteiger partial charge in [-0.3, -0.25) is 0 Å². The monoisotopic (exact) mass is 222 g/mol. The highest BCUT2D eigenvalue weighted by atomic mass is 19.1. The lowest BCUT2D eigenvalue weighted by Gasteiger charge is -2.13. The highest BCUT2D eigenvalue weighted by Gasteiger charge is 2.23. The summed E-state index contributed by atoms with van der Waals surface area (Å²) in [6, 6.07) is 5.72. The molecule has 1 aliphatic carbocycles. The Morgan fingerprint density at radius 1 is 1.38 bits per heavy atom.